The molecule has 2 rings (SSSR count). The van der Waals surface area contributed by atoms with Crippen LogP contribution in [0.25, 0.3) is 0 Å². The van der Waals surface area contributed by atoms with Gasteiger partial charge in [-0.2, -0.15) is 0 Å². The molecule has 3 nitrogen and oxygen atoms in total. The van der Waals surface area contributed by atoms with Crippen LogP contribution in [0.5, 0.6) is 0 Å². The summed E-state index contributed by atoms with van der Waals surface area (Å²) in [5.74, 6) is -0.157. The Labute approximate surface area is 121 Å². The number of halogens is 1. The van der Waals surface area contributed by atoms with E-state index < -0.39 is 0 Å². The third kappa shape index (κ3) is 5.19. The molecule has 0 atom stereocenters. The van der Waals surface area contributed by atoms with Crippen molar-refractivity contribution in [1.29, 1.82) is 0 Å². The Hall–Kier alpha value is -0.970. The van der Waals surface area contributed by atoms with Crippen molar-refractivity contribution >= 4 is 0 Å². The topological polar surface area (TPSA) is 32.5 Å². The van der Waals surface area contributed by atoms with Crippen molar-refractivity contribution in [2.75, 3.05) is 39.3 Å². The first kappa shape index (κ1) is 15.4. The molecule has 2 N–H and O–H groups in total. The Morgan fingerprint density at radius 1 is 0.950 bits per heavy atom. The number of benzene rings is 1. The minimum Gasteiger partial charge on any atom is -0.330 e. The van der Waals surface area contributed by atoms with E-state index >= 15 is 0 Å². The van der Waals surface area contributed by atoms with Gasteiger partial charge in [-0.25, -0.2) is 4.39 Å². The van der Waals surface area contributed by atoms with Crippen LogP contribution in [-0.2, 0) is 6.54 Å². The molecule has 4 heteroatoms. The van der Waals surface area contributed by atoms with Crippen LogP contribution in [0.4, 0.5) is 4.39 Å². The first-order chi connectivity index (χ1) is 9.78. The fraction of sp³-hybridized carbons (Fsp3) is 0.625. The second-order valence-electron chi connectivity index (χ2n) is 5.59. The van der Waals surface area contributed by atoms with E-state index in [2.05, 4.69) is 9.80 Å². The normalized spacial score (nSPS) is 18.1. The van der Waals surface area contributed by atoms with E-state index in [0.29, 0.717) is 0 Å². The molecule has 1 heterocycles. The molecule has 112 valence electrons. The van der Waals surface area contributed by atoms with Gasteiger partial charge < -0.3 is 10.6 Å². The van der Waals surface area contributed by atoms with Crippen LogP contribution in [0.15, 0.2) is 24.3 Å². The molecule has 0 aliphatic carbocycles. The van der Waals surface area contributed by atoms with E-state index in [1.165, 1.54) is 31.5 Å². The van der Waals surface area contributed by atoms with Crippen molar-refractivity contribution in [2.45, 2.75) is 25.8 Å². The van der Waals surface area contributed by atoms with Crippen LogP contribution >= 0.6 is 0 Å². The molecule has 0 saturated carbocycles. The van der Waals surface area contributed by atoms with Gasteiger partial charge in [0.15, 0.2) is 0 Å². The third-order valence-corrected chi connectivity index (χ3v) is 3.93. The lowest BCUT2D eigenvalue weighted by atomic mass is 10.2. The van der Waals surface area contributed by atoms with Gasteiger partial charge in [-0.05, 0) is 63.1 Å². The fourth-order valence-corrected chi connectivity index (χ4v) is 2.73. The number of nitrogens with zero attached hydrogens (tertiary/aromatic N) is 2. The summed E-state index contributed by atoms with van der Waals surface area (Å²) >= 11 is 0. The molecule has 1 saturated heterocycles. The van der Waals surface area contributed by atoms with Gasteiger partial charge in [-0.15, -0.1) is 0 Å². The van der Waals surface area contributed by atoms with E-state index in [1.807, 2.05) is 12.1 Å². The summed E-state index contributed by atoms with van der Waals surface area (Å²) in [4.78, 5) is 5.01. The molecule has 1 aliphatic rings. The molecule has 1 aromatic carbocycles. The van der Waals surface area contributed by atoms with E-state index in [-0.39, 0.29) is 5.82 Å². The number of rotatable bonds is 6. The highest BCUT2D eigenvalue weighted by Crippen LogP contribution is 2.10. The molecular weight excluding hydrogens is 253 g/mol. The molecule has 0 bridgehead atoms. The lowest BCUT2D eigenvalue weighted by Crippen LogP contribution is -2.31. The standard InChI is InChI=1S/C16H26FN3/c17-16-6-4-15(5-7-16)14-20-11-3-10-19(12-13-20)9-2-1-8-18/h4-7H,1-3,8-14,18H2. The number of hydrogen-bond donors (Lipinski definition) is 1. The maximum atomic E-state index is 12.9. The second kappa shape index (κ2) is 8.35. The van der Waals surface area contributed by atoms with Gasteiger partial charge >= 0.3 is 0 Å². The zero-order chi connectivity index (χ0) is 14.2. The lowest BCUT2D eigenvalue weighted by Gasteiger charge is -2.21. The molecule has 1 aliphatic heterocycles. The third-order valence-electron chi connectivity index (χ3n) is 3.93. The van der Waals surface area contributed by atoms with E-state index in [4.69, 9.17) is 5.73 Å². The van der Waals surface area contributed by atoms with Gasteiger partial charge in [0.2, 0.25) is 0 Å². The number of nitrogens with two attached hydrogens (primary N) is 1. The monoisotopic (exact) mass is 279 g/mol. The minimum absolute atomic E-state index is 0.157. The summed E-state index contributed by atoms with van der Waals surface area (Å²) < 4.78 is 12.9. The average molecular weight is 279 g/mol. The summed E-state index contributed by atoms with van der Waals surface area (Å²) in [5, 5.41) is 0. The Morgan fingerprint density at radius 2 is 1.65 bits per heavy atom. The number of unbranched alkanes of at least 4 members (excludes halogenated alkanes) is 1. The molecule has 20 heavy (non-hydrogen) atoms. The smallest absolute Gasteiger partial charge is 0.123 e. The predicted molar refractivity (Wildman–Crippen MR) is 81.0 cm³/mol. The highest BCUT2D eigenvalue weighted by Gasteiger charge is 2.14. The quantitative estimate of drug-likeness (QED) is 0.809. The summed E-state index contributed by atoms with van der Waals surface area (Å²) in [6, 6.07) is 6.87. The summed E-state index contributed by atoms with van der Waals surface area (Å²) in [7, 11) is 0. The minimum atomic E-state index is -0.157. The van der Waals surface area contributed by atoms with E-state index in [0.717, 1.165) is 39.1 Å². The SMILES string of the molecule is NCCCCN1CCCN(Cc2ccc(F)cc2)CC1. The average Bonchev–Trinajstić information content (AvgIpc) is 2.67. The van der Waals surface area contributed by atoms with Crippen LogP contribution in [0, 0.1) is 5.82 Å². The molecule has 1 fully saturated rings. The Balaban J connectivity index is 1.76. The van der Waals surface area contributed by atoms with Gasteiger partial charge in [0.1, 0.15) is 5.82 Å². The van der Waals surface area contributed by atoms with Gasteiger partial charge in [0, 0.05) is 19.6 Å². The second-order valence-corrected chi connectivity index (χ2v) is 5.59. The summed E-state index contributed by atoms with van der Waals surface area (Å²) in [6.07, 6.45) is 3.54. The zero-order valence-corrected chi connectivity index (χ0v) is 12.2. The predicted octanol–water partition coefficient (Wildman–Crippen LogP) is 2.07. The number of hydrogen-bond acceptors (Lipinski definition) is 3. The Morgan fingerprint density at radius 3 is 2.40 bits per heavy atom. The van der Waals surface area contributed by atoms with Crippen molar-refractivity contribution in [1.82, 2.24) is 9.80 Å². The summed E-state index contributed by atoms with van der Waals surface area (Å²) in [5.41, 5.74) is 6.74. The van der Waals surface area contributed by atoms with Crippen molar-refractivity contribution in [3.63, 3.8) is 0 Å². The molecule has 0 radical (unpaired) electrons. The van der Waals surface area contributed by atoms with E-state index in [9.17, 15) is 4.39 Å². The molecule has 0 amide bonds. The highest BCUT2D eigenvalue weighted by atomic mass is 19.1. The molecular formula is C16H26FN3. The first-order valence-electron chi connectivity index (χ1n) is 7.67. The van der Waals surface area contributed by atoms with Gasteiger partial charge in [-0.3, -0.25) is 4.90 Å². The largest absolute Gasteiger partial charge is 0.330 e. The summed E-state index contributed by atoms with van der Waals surface area (Å²) in [6.45, 7) is 7.43. The molecule has 1 aromatic rings. The first-order valence-corrected chi connectivity index (χ1v) is 7.67. The van der Waals surface area contributed by atoms with Gasteiger partial charge in [0.25, 0.3) is 0 Å². The molecule has 0 unspecified atom stereocenters. The van der Waals surface area contributed by atoms with Crippen LogP contribution in [0.3, 0.4) is 0 Å². The molecule has 0 aromatic heterocycles. The fourth-order valence-electron chi connectivity index (χ4n) is 2.73. The van der Waals surface area contributed by atoms with Gasteiger partial charge in [0.05, 0.1) is 0 Å². The van der Waals surface area contributed by atoms with Crippen molar-refractivity contribution in [2.24, 2.45) is 5.73 Å². The Kier molecular flexibility index (Phi) is 6.43. The van der Waals surface area contributed by atoms with Crippen LogP contribution in [-0.4, -0.2) is 49.1 Å². The maximum absolute atomic E-state index is 12.9. The lowest BCUT2D eigenvalue weighted by molar-refractivity contribution is 0.249. The van der Waals surface area contributed by atoms with Crippen molar-refractivity contribution in [3.8, 4) is 0 Å². The van der Waals surface area contributed by atoms with Crippen molar-refractivity contribution in [3.05, 3.63) is 35.6 Å². The molecule has 0 spiro atoms. The van der Waals surface area contributed by atoms with Crippen LogP contribution in [0.1, 0.15) is 24.8 Å². The zero-order valence-electron chi connectivity index (χ0n) is 12.2. The van der Waals surface area contributed by atoms with Crippen molar-refractivity contribution < 1.29 is 4.39 Å². The van der Waals surface area contributed by atoms with E-state index in [1.54, 1.807) is 12.1 Å². The Bertz CT molecular complexity index is 380. The highest BCUT2D eigenvalue weighted by molar-refractivity contribution is 5.15. The van der Waals surface area contributed by atoms with Gasteiger partial charge in [-0.1, -0.05) is 12.1 Å². The van der Waals surface area contributed by atoms with Crippen LogP contribution < -0.4 is 5.73 Å². The maximum Gasteiger partial charge on any atom is 0.123 e. The van der Waals surface area contributed by atoms with Crippen LogP contribution in [0.2, 0.25) is 0 Å².